The minimum Gasteiger partial charge on any atom is -0.366 e. The van der Waals surface area contributed by atoms with E-state index in [2.05, 4.69) is 0 Å². The van der Waals surface area contributed by atoms with Crippen LogP contribution in [0.15, 0.2) is 65.6 Å². The number of benzene rings is 3. The summed E-state index contributed by atoms with van der Waals surface area (Å²) in [6.45, 7) is 0.311. The topological polar surface area (TPSA) is 82.2 Å². The number of sulfone groups is 1. The Morgan fingerprint density at radius 1 is 1.04 bits per heavy atom. The lowest BCUT2D eigenvalue weighted by Gasteiger charge is -2.12. The molecule has 3 aromatic carbocycles. The van der Waals surface area contributed by atoms with Crippen LogP contribution in [0.4, 0.5) is 0 Å². The van der Waals surface area contributed by atoms with Crippen molar-refractivity contribution in [3.63, 3.8) is 0 Å². The molecule has 0 saturated heterocycles. The van der Waals surface area contributed by atoms with Crippen LogP contribution in [0.1, 0.15) is 15.9 Å². The first-order chi connectivity index (χ1) is 13.3. The van der Waals surface area contributed by atoms with E-state index >= 15 is 0 Å². The van der Waals surface area contributed by atoms with E-state index in [0.717, 1.165) is 21.8 Å². The number of aromatic nitrogens is 1. The van der Waals surface area contributed by atoms with Crippen LogP contribution in [0.25, 0.3) is 21.8 Å². The normalized spacial score (nSPS) is 11.9. The molecule has 1 heterocycles. The van der Waals surface area contributed by atoms with Gasteiger partial charge in [0.25, 0.3) is 0 Å². The third-order valence-corrected chi connectivity index (χ3v) is 6.25. The van der Waals surface area contributed by atoms with Gasteiger partial charge in [0.1, 0.15) is 0 Å². The Morgan fingerprint density at radius 3 is 2.50 bits per heavy atom. The largest absolute Gasteiger partial charge is 0.366 e. The molecule has 1 aromatic heterocycles. The van der Waals surface area contributed by atoms with Gasteiger partial charge < -0.3 is 10.3 Å². The first-order valence-electron chi connectivity index (χ1n) is 8.55. The molecule has 4 aromatic rings. The van der Waals surface area contributed by atoms with E-state index < -0.39 is 15.7 Å². The van der Waals surface area contributed by atoms with Crippen molar-refractivity contribution < 1.29 is 13.2 Å². The van der Waals surface area contributed by atoms with Crippen LogP contribution in [0.3, 0.4) is 0 Å². The molecular formula is C21H17ClN2O3S. The molecule has 2 N–H and O–H groups in total. The molecule has 0 atom stereocenters. The van der Waals surface area contributed by atoms with Gasteiger partial charge in [-0.1, -0.05) is 41.9 Å². The van der Waals surface area contributed by atoms with Gasteiger partial charge >= 0.3 is 0 Å². The number of fused-ring (bicyclic) bond motifs is 3. The maximum absolute atomic E-state index is 12.2. The standard InChI is InChI=1S/C21H17ClN2O3S/c1-28(26,27)19-8-3-2-5-13(19)12-24-17-7-4-6-16(21(23)25)20(17)15-10-9-14(22)11-18(15)24/h2-11H,12H2,1H3,(H2,23,25). The summed E-state index contributed by atoms with van der Waals surface area (Å²) < 4.78 is 26.4. The summed E-state index contributed by atoms with van der Waals surface area (Å²) in [6, 6.07) is 17.7. The van der Waals surface area contributed by atoms with Gasteiger partial charge in [-0.25, -0.2) is 8.42 Å². The van der Waals surface area contributed by atoms with Crippen molar-refractivity contribution in [1.29, 1.82) is 0 Å². The van der Waals surface area contributed by atoms with E-state index in [9.17, 15) is 13.2 Å². The average Bonchev–Trinajstić information content (AvgIpc) is 2.94. The lowest BCUT2D eigenvalue weighted by Crippen LogP contribution is -2.11. The van der Waals surface area contributed by atoms with Crippen molar-refractivity contribution in [2.75, 3.05) is 6.26 Å². The van der Waals surface area contributed by atoms with Gasteiger partial charge in [-0.15, -0.1) is 0 Å². The Bertz CT molecular complexity index is 1360. The molecule has 4 rings (SSSR count). The van der Waals surface area contributed by atoms with Crippen LogP contribution in [-0.4, -0.2) is 25.1 Å². The molecule has 7 heteroatoms. The quantitative estimate of drug-likeness (QED) is 0.550. The fraction of sp³-hybridized carbons (Fsp3) is 0.0952. The smallest absolute Gasteiger partial charge is 0.249 e. The van der Waals surface area contributed by atoms with Gasteiger partial charge in [-0.3, -0.25) is 4.79 Å². The average molecular weight is 413 g/mol. The summed E-state index contributed by atoms with van der Waals surface area (Å²) in [5.74, 6) is -0.517. The Hall–Kier alpha value is -2.83. The van der Waals surface area contributed by atoms with E-state index in [1.165, 1.54) is 6.26 Å². The molecule has 0 bridgehead atoms. The van der Waals surface area contributed by atoms with Crippen molar-refractivity contribution in [3.8, 4) is 0 Å². The van der Waals surface area contributed by atoms with Crippen LogP contribution in [0.5, 0.6) is 0 Å². The van der Waals surface area contributed by atoms with Crippen LogP contribution < -0.4 is 5.73 Å². The first-order valence-corrected chi connectivity index (χ1v) is 10.8. The Labute approximate surface area is 167 Å². The number of carbonyl (C=O) groups excluding carboxylic acids is 1. The molecule has 0 fully saturated rings. The van der Waals surface area contributed by atoms with Crippen LogP contribution >= 0.6 is 11.6 Å². The summed E-state index contributed by atoms with van der Waals surface area (Å²) in [4.78, 5) is 12.3. The van der Waals surface area contributed by atoms with Crippen LogP contribution in [0.2, 0.25) is 5.02 Å². The number of nitrogens with two attached hydrogens (primary N) is 1. The van der Waals surface area contributed by atoms with Gasteiger partial charge in [-0.2, -0.15) is 0 Å². The highest BCUT2D eigenvalue weighted by atomic mass is 35.5. The number of rotatable bonds is 4. The molecule has 0 radical (unpaired) electrons. The number of halogens is 1. The molecular weight excluding hydrogens is 396 g/mol. The fourth-order valence-corrected chi connectivity index (χ4v) is 4.76. The third-order valence-electron chi connectivity index (χ3n) is 4.82. The van der Waals surface area contributed by atoms with E-state index in [4.69, 9.17) is 17.3 Å². The second kappa shape index (κ2) is 6.65. The molecule has 0 saturated carbocycles. The Kier molecular flexibility index (Phi) is 4.40. The summed E-state index contributed by atoms with van der Waals surface area (Å²) in [5, 5.41) is 2.12. The molecule has 1 amide bonds. The van der Waals surface area contributed by atoms with Crippen molar-refractivity contribution in [3.05, 3.63) is 76.8 Å². The second-order valence-corrected chi connectivity index (χ2v) is 9.11. The zero-order valence-corrected chi connectivity index (χ0v) is 16.6. The highest BCUT2D eigenvalue weighted by molar-refractivity contribution is 7.90. The maximum atomic E-state index is 12.2. The van der Waals surface area contributed by atoms with E-state index in [1.807, 2.05) is 22.8 Å². The van der Waals surface area contributed by atoms with Gasteiger partial charge in [0.2, 0.25) is 5.91 Å². The van der Waals surface area contributed by atoms with Crippen molar-refractivity contribution in [2.45, 2.75) is 11.4 Å². The minimum atomic E-state index is -3.39. The number of hydrogen-bond donors (Lipinski definition) is 1. The van der Waals surface area contributed by atoms with E-state index in [1.54, 1.807) is 42.5 Å². The number of nitrogens with zero attached hydrogens (tertiary/aromatic N) is 1. The number of carbonyl (C=O) groups is 1. The maximum Gasteiger partial charge on any atom is 0.249 e. The minimum absolute atomic E-state index is 0.276. The SMILES string of the molecule is CS(=O)(=O)c1ccccc1Cn1c2cc(Cl)ccc2c2c(C(N)=O)cccc21. The van der Waals surface area contributed by atoms with E-state index in [0.29, 0.717) is 22.7 Å². The number of hydrogen-bond acceptors (Lipinski definition) is 3. The second-order valence-electron chi connectivity index (χ2n) is 6.69. The van der Waals surface area contributed by atoms with Gasteiger partial charge in [-0.05, 0) is 35.9 Å². The summed E-state index contributed by atoms with van der Waals surface area (Å²) in [7, 11) is -3.39. The molecule has 0 unspecified atom stereocenters. The Morgan fingerprint density at radius 2 is 1.79 bits per heavy atom. The lowest BCUT2D eigenvalue weighted by atomic mass is 10.1. The summed E-state index contributed by atoms with van der Waals surface area (Å²) in [6.07, 6.45) is 1.19. The monoisotopic (exact) mass is 412 g/mol. The fourth-order valence-electron chi connectivity index (χ4n) is 3.66. The molecule has 5 nitrogen and oxygen atoms in total. The summed E-state index contributed by atoms with van der Waals surface area (Å²) >= 11 is 6.23. The van der Waals surface area contributed by atoms with Gasteiger partial charge in [0.15, 0.2) is 9.84 Å². The van der Waals surface area contributed by atoms with E-state index in [-0.39, 0.29) is 4.90 Å². The predicted octanol–water partition coefficient (Wildman–Crippen LogP) is 4.00. The third kappa shape index (κ3) is 3.04. The molecule has 28 heavy (non-hydrogen) atoms. The van der Waals surface area contributed by atoms with Crippen LogP contribution in [-0.2, 0) is 16.4 Å². The number of primary amides is 1. The predicted molar refractivity (Wildman–Crippen MR) is 112 cm³/mol. The molecule has 0 aliphatic rings. The number of amides is 1. The summed E-state index contributed by atoms with van der Waals surface area (Å²) in [5.41, 5.74) is 8.26. The van der Waals surface area contributed by atoms with Crippen LogP contribution in [0, 0.1) is 0 Å². The molecule has 0 spiro atoms. The van der Waals surface area contributed by atoms with Crippen molar-refractivity contribution in [1.82, 2.24) is 4.57 Å². The first kappa shape index (κ1) is 18.5. The zero-order valence-electron chi connectivity index (χ0n) is 15.0. The highest BCUT2D eigenvalue weighted by Crippen LogP contribution is 2.34. The highest BCUT2D eigenvalue weighted by Gasteiger charge is 2.19. The molecule has 142 valence electrons. The van der Waals surface area contributed by atoms with Crippen molar-refractivity contribution in [2.24, 2.45) is 5.73 Å². The molecule has 0 aliphatic carbocycles. The lowest BCUT2D eigenvalue weighted by molar-refractivity contribution is 0.100. The Balaban J connectivity index is 2.06. The van der Waals surface area contributed by atoms with Gasteiger partial charge in [0, 0.05) is 34.2 Å². The van der Waals surface area contributed by atoms with Gasteiger partial charge in [0.05, 0.1) is 15.9 Å². The van der Waals surface area contributed by atoms with Crippen molar-refractivity contribution >= 4 is 49.2 Å². The zero-order chi connectivity index (χ0) is 20.1. The molecule has 0 aliphatic heterocycles.